The minimum Gasteiger partial charge on any atom is -0.497 e. The van der Waals surface area contributed by atoms with Crippen LogP contribution in [0.25, 0.3) is 0 Å². The molecule has 1 aliphatic heterocycles. The predicted molar refractivity (Wildman–Crippen MR) is 118 cm³/mol. The second-order valence-corrected chi connectivity index (χ2v) is 7.20. The van der Waals surface area contributed by atoms with E-state index in [1.54, 1.807) is 14.2 Å². The number of nitrogens with one attached hydrogen (secondary N) is 2. The normalized spacial score (nSPS) is 17.5. The van der Waals surface area contributed by atoms with Crippen LogP contribution in [-0.4, -0.2) is 77.1 Å². The van der Waals surface area contributed by atoms with Crippen LogP contribution in [0, 0.1) is 0 Å². The second-order valence-electron chi connectivity index (χ2n) is 7.20. The lowest BCUT2D eigenvalue weighted by Gasteiger charge is -2.25. The summed E-state index contributed by atoms with van der Waals surface area (Å²) in [6, 6.07) is 8.58. The highest BCUT2D eigenvalue weighted by Gasteiger charge is 2.23. The maximum atomic E-state index is 5.43. The zero-order valence-corrected chi connectivity index (χ0v) is 18.3. The van der Waals surface area contributed by atoms with Crippen LogP contribution in [-0.2, 0) is 16.0 Å². The minimum atomic E-state index is 0.529. The van der Waals surface area contributed by atoms with Crippen molar-refractivity contribution >= 4 is 5.96 Å². The van der Waals surface area contributed by atoms with Crippen LogP contribution in [0.1, 0.15) is 31.7 Å². The summed E-state index contributed by atoms with van der Waals surface area (Å²) in [5, 5.41) is 6.99. The number of guanidine groups is 1. The Labute approximate surface area is 175 Å². The summed E-state index contributed by atoms with van der Waals surface area (Å²) in [4.78, 5) is 7.29. The summed E-state index contributed by atoms with van der Waals surface area (Å²) in [5.74, 6) is 1.72. The Kier molecular flexibility index (Phi) is 11.5. The van der Waals surface area contributed by atoms with E-state index in [4.69, 9.17) is 19.2 Å². The fourth-order valence-corrected chi connectivity index (χ4v) is 3.44. The molecule has 1 heterocycles. The maximum absolute atomic E-state index is 5.43. The molecule has 0 bridgehead atoms. The fraction of sp³-hybridized carbons (Fsp3) is 0.682. The molecule has 7 nitrogen and oxygen atoms in total. The molecular weight excluding hydrogens is 368 g/mol. The molecule has 1 aromatic carbocycles. The fourth-order valence-electron chi connectivity index (χ4n) is 3.44. The summed E-state index contributed by atoms with van der Waals surface area (Å²) < 4.78 is 15.9. The third-order valence-corrected chi connectivity index (χ3v) is 5.13. The Hall–Kier alpha value is -1.83. The van der Waals surface area contributed by atoms with Gasteiger partial charge >= 0.3 is 0 Å². The molecule has 0 spiro atoms. The molecule has 0 saturated carbocycles. The van der Waals surface area contributed by atoms with Gasteiger partial charge in [-0.1, -0.05) is 12.1 Å². The van der Waals surface area contributed by atoms with Crippen molar-refractivity contribution in [1.29, 1.82) is 0 Å². The highest BCUT2D eigenvalue weighted by atomic mass is 16.5. The van der Waals surface area contributed by atoms with Gasteiger partial charge in [-0.3, -0.25) is 4.90 Å². The van der Waals surface area contributed by atoms with E-state index < -0.39 is 0 Å². The zero-order valence-electron chi connectivity index (χ0n) is 18.3. The van der Waals surface area contributed by atoms with Crippen molar-refractivity contribution in [3.8, 4) is 5.75 Å². The minimum absolute atomic E-state index is 0.529. The molecule has 1 aromatic rings. The largest absolute Gasteiger partial charge is 0.497 e. The summed E-state index contributed by atoms with van der Waals surface area (Å²) in [7, 11) is 3.44. The van der Waals surface area contributed by atoms with E-state index in [0.717, 1.165) is 69.7 Å². The molecule has 29 heavy (non-hydrogen) atoms. The molecular formula is C22H38N4O3. The van der Waals surface area contributed by atoms with E-state index in [-0.39, 0.29) is 0 Å². The topological polar surface area (TPSA) is 67.3 Å². The van der Waals surface area contributed by atoms with Gasteiger partial charge in [0.1, 0.15) is 5.75 Å². The van der Waals surface area contributed by atoms with Crippen molar-refractivity contribution in [1.82, 2.24) is 15.5 Å². The van der Waals surface area contributed by atoms with E-state index in [9.17, 15) is 0 Å². The van der Waals surface area contributed by atoms with Gasteiger partial charge < -0.3 is 24.8 Å². The number of rotatable bonds is 13. The summed E-state index contributed by atoms with van der Waals surface area (Å²) in [6.07, 6.45) is 3.42. The molecule has 1 saturated heterocycles. The standard InChI is InChI=1S/C22H38N4O3/c1-4-29-15-6-12-23-22(24-17-19-8-10-21(28-3)11-9-19)25-18-20-7-5-13-26(20)14-16-27-2/h8-11,20H,4-7,12-18H2,1-3H3,(H2,23,24,25). The number of methoxy groups -OCH3 is 2. The monoisotopic (exact) mass is 406 g/mol. The molecule has 7 heteroatoms. The molecule has 0 amide bonds. The Morgan fingerprint density at radius 1 is 1.17 bits per heavy atom. The molecule has 1 fully saturated rings. The van der Waals surface area contributed by atoms with Gasteiger partial charge in [0.2, 0.25) is 0 Å². The molecule has 2 N–H and O–H groups in total. The Bertz CT molecular complexity index is 580. The molecule has 2 rings (SSSR count). The third kappa shape index (κ3) is 9.02. The molecule has 0 radical (unpaired) electrons. The van der Waals surface area contributed by atoms with Gasteiger partial charge in [0, 0.05) is 46.0 Å². The Morgan fingerprint density at radius 2 is 2.00 bits per heavy atom. The summed E-state index contributed by atoms with van der Waals surface area (Å²) in [5.41, 5.74) is 1.16. The lowest BCUT2D eigenvalue weighted by atomic mass is 10.2. The van der Waals surface area contributed by atoms with Gasteiger partial charge in [-0.05, 0) is 50.4 Å². The van der Waals surface area contributed by atoms with E-state index in [2.05, 4.69) is 27.7 Å². The van der Waals surface area contributed by atoms with Crippen molar-refractivity contribution in [2.24, 2.45) is 4.99 Å². The van der Waals surface area contributed by atoms with Gasteiger partial charge in [-0.25, -0.2) is 4.99 Å². The first-order valence-corrected chi connectivity index (χ1v) is 10.7. The quantitative estimate of drug-likeness (QED) is 0.298. The highest BCUT2D eigenvalue weighted by molar-refractivity contribution is 5.79. The number of likely N-dealkylation sites (tertiary alicyclic amines) is 1. The lowest BCUT2D eigenvalue weighted by molar-refractivity contribution is 0.141. The van der Waals surface area contributed by atoms with Crippen molar-refractivity contribution in [2.45, 2.75) is 38.8 Å². The van der Waals surface area contributed by atoms with Crippen molar-refractivity contribution in [3.63, 3.8) is 0 Å². The van der Waals surface area contributed by atoms with Crippen LogP contribution in [0.4, 0.5) is 0 Å². The van der Waals surface area contributed by atoms with Gasteiger partial charge in [-0.15, -0.1) is 0 Å². The van der Waals surface area contributed by atoms with E-state index in [1.807, 2.05) is 19.1 Å². The van der Waals surface area contributed by atoms with E-state index in [1.165, 1.54) is 12.8 Å². The third-order valence-electron chi connectivity index (χ3n) is 5.13. The number of aliphatic imine (C=N–C) groups is 1. The SMILES string of the molecule is CCOCCCNC(=NCc1ccc(OC)cc1)NCC1CCCN1CCOC. The summed E-state index contributed by atoms with van der Waals surface area (Å²) >= 11 is 0. The Morgan fingerprint density at radius 3 is 2.72 bits per heavy atom. The summed E-state index contributed by atoms with van der Waals surface area (Å²) in [6.45, 7) is 8.83. The number of ether oxygens (including phenoxy) is 3. The molecule has 164 valence electrons. The average Bonchev–Trinajstić information content (AvgIpc) is 3.21. The number of benzene rings is 1. The lowest BCUT2D eigenvalue weighted by Crippen LogP contribution is -2.45. The highest BCUT2D eigenvalue weighted by Crippen LogP contribution is 2.16. The van der Waals surface area contributed by atoms with Crippen LogP contribution in [0.15, 0.2) is 29.3 Å². The predicted octanol–water partition coefficient (Wildman–Crippen LogP) is 2.27. The van der Waals surface area contributed by atoms with Crippen LogP contribution in [0.3, 0.4) is 0 Å². The first-order valence-electron chi connectivity index (χ1n) is 10.7. The van der Waals surface area contributed by atoms with Gasteiger partial charge in [0.05, 0.1) is 20.3 Å². The van der Waals surface area contributed by atoms with Crippen molar-refractivity contribution in [2.75, 3.05) is 60.2 Å². The van der Waals surface area contributed by atoms with Gasteiger partial charge in [-0.2, -0.15) is 0 Å². The van der Waals surface area contributed by atoms with E-state index >= 15 is 0 Å². The molecule has 1 aliphatic rings. The van der Waals surface area contributed by atoms with Crippen LogP contribution in [0.2, 0.25) is 0 Å². The number of hydrogen-bond donors (Lipinski definition) is 2. The van der Waals surface area contributed by atoms with Crippen molar-refractivity contribution in [3.05, 3.63) is 29.8 Å². The Balaban J connectivity index is 1.88. The van der Waals surface area contributed by atoms with Gasteiger partial charge in [0.25, 0.3) is 0 Å². The number of hydrogen-bond acceptors (Lipinski definition) is 5. The van der Waals surface area contributed by atoms with E-state index in [0.29, 0.717) is 12.6 Å². The van der Waals surface area contributed by atoms with Gasteiger partial charge in [0.15, 0.2) is 5.96 Å². The van der Waals surface area contributed by atoms with Crippen molar-refractivity contribution < 1.29 is 14.2 Å². The van der Waals surface area contributed by atoms with Crippen LogP contribution < -0.4 is 15.4 Å². The molecule has 0 aliphatic carbocycles. The first-order chi connectivity index (χ1) is 14.3. The smallest absolute Gasteiger partial charge is 0.191 e. The molecule has 1 unspecified atom stereocenters. The second kappa shape index (κ2) is 14.2. The number of nitrogens with zero attached hydrogens (tertiary/aromatic N) is 2. The molecule has 1 atom stereocenters. The zero-order chi connectivity index (χ0) is 20.7. The van der Waals surface area contributed by atoms with Crippen LogP contribution >= 0.6 is 0 Å². The maximum Gasteiger partial charge on any atom is 0.191 e. The van der Waals surface area contributed by atoms with Crippen LogP contribution in [0.5, 0.6) is 5.75 Å². The average molecular weight is 407 g/mol. The first kappa shape index (κ1) is 23.4. The molecule has 0 aromatic heterocycles.